The summed E-state index contributed by atoms with van der Waals surface area (Å²) in [5.74, 6) is -3.68. The second-order valence-electron chi connectivity index (χ2n) is 9.44. The fourth-order valence-electron chi connectivity index (χ4n) is 4.28. The molecule has 12 heteroatoms. The second kappa shape index (κ2) is 12.9. The summed E-state index contributed by atoms with van der Waals surface area (Å²) in [7, 11) is -0.975. The molecule has 0 spiro atoms. The van der Waals surface area contributed by atoms with Gasteiger partial charge in [0.2, 0.25) is 5.43 Å². The number of carbonyl (C=O) groups is 2. The summed E-state index contributed by atoms with van der Waals surface area (Å²) in [5.41, 5.74) is -2.45. The summed E-state index contributed by atoms with van der Waals surface area (Å²) in [4.78, 5) is 38.9. The molecule has 0 aliphatic carbocycles. The van der Waals surface area contributed by atoms with E-state index in [1.54, 1.807) is 13.8 Å². The molecule has 0 saturated carbocycles. The largest absolute Gasteiger partial charge is 0.503 e. The number of benzene rings is 1. The Morgan fingerprint density at radius 3 is 2.53 bits per heavy atom. The molecule has 3 rings (SSSR count). The summed E-state index contributed by atoms with van der Waals surface area (Å²) in [6, 6.07) is 2.58. The van der Waals surface area contributed by atoms with Crippen molar-refractivity contribution < 1.29 is 32.5 Å². The lowest BCUT2D eigenvalue weighted by Gasteiger charge is -2.40. The monoisotopic (exact) mass is 553 g/mol. The number of ketones is 1. The van der Waals surface area contributed by atoms with Crippen molar-refractivity contribution in [3.63, 3.8) is 0 Å². The van der Waals surface area contributed by atoms with E-state index >= 15 is 0 Å². The minimum absolute atomic E-state index is 0.0283. The van der Waals surface area contributed by atoms with E-state index < -0.39 is 48.3 Å². The van der Waals surface area contributed by atoms with Gasteiger partial charge in [-0.15, -0.1) is 0 Å². The molecule has 0 radical (unpaired) electrons. The number of Topliss-reactive ketones (excluding diaryl/α,β-unsaturated/α-hetero) is 1. The molecular formula is C26H34F2N3O6P. The molecule has 1 amide bonds. The normalized spacial score (nSPS) is 16.5. The van der Waals surface area contributed by atoms with Crippen LogP contribution in [0.25, 0.3) is 0 Å². The zero-order chi connectivity index (χ0) is 28.0. The number of nitrogens with zero attached hydrogens (tertiary/aromatic N) is 1. The van der Waals surface area contributed by atoms with Crippen LogP contribution in [0.2, 0.25) is 0 Å². The smallest absolute Gasteiger partial charge is 0.257 e. The Hall–Kier alpha value is -2.72. The molecule has 2 heterocycles. The highest BCUT2D eigenvalue weighted by Gasteiger charge is 2.44. The minimum Gasteiger partial charge on any atom is -0.503 e. The van der Waals surface area contributed by atoms with Crippen molar-refractivity contribution in [3.05, 3.63) is 63.1 Å². The Labute approximate surface area is 221 Å². The first-order valence-corrected chi connectivity index (χ1v) is 13.9. The number of nitrogens with one attached hydrogen (secondary N) is 2. The maximum atomic E-state index is 13.9. The number of hydrogen-bond donors (Lipinski definition) is 3. The molecule has 0 bridgehead atoms. The Morgan fingerprint density at radius 1 is 1.21 bits per heavy atom. The summed E-state index contributed by atoms with van der Waals surface area (Å²) in [6.07, 6.45) is 2.72. The van der Waals surface area contributed by atoms with Crippen molar-refractivity contribution in [2.24, 2.45) is 5.41 Å². The van der Waals surface area contributed by atoms with Gasteiger partial charge >= 0.3 is 0 Å². The Bertz CT molecular complexity index is 1230. The van der Waals surface area contributed by atoms with Crippen LogP contribution in [0.3, 0.4) is 0 Å². The quantitative estimate of drug-likeness (QED) is 0.271. The Balaban J connectivity index is 1.76. The van der Waals surface area contributed by atoms with Crippen LogP contribution in [0.5, 0.6) is 5.75 Å². The zero-order valence-corrected chi connectivity index (χ0v) is 22.9. The van der Waals surface area contributed by atoms with Gasteiger partial charge in [-0.2, -0.15) is 0 Å². The standard InChI is InChI=1S/C26H34F2N3O6P/c1-5-36-38(37-6-2)11-7-10-29-20-15-31-14-18(22(32)23(33)21(31)24(34)26(20,3)4)25(35)30-13-16-8-9-17(27)12-19(16)28/h8-9,12,14,20,29,33H,5-7,10-11,13,15H2,1-4H3,(H,30,35). The molecule has 0 fully saturated rings. The molecule has 208 valence electrons. The van der Waals surface area contributed by atoms with Gasteiger partial charge in [-0.25, -0.2) is 8.78 Å². The molecule has 1 aromatic carbocycles. The third-order valence-corrected chi connectivity index (χ3v) is 8.23. The van der Waals surface area contributed by atoms with E-state index in [0.29, 0.717) is 25.8 Å². The van der Waals surface area contributed by atoms with Gasteiger partial charge in [-0.05, 0) is 32.9 Å². The van der Waals surface area contributed by atoms with Gasteiger partial charge in [0.05, 0.1) is 13.2 Å². The fourth-order valence-corrected chi connectivity index (χ4v) is 5.60. The first-order chi connectivity index (χ1) is 18.0. The third-order valence-electron chi connectivity index (χ3n) is 6.46. The zero-order valence-electron chi connectivity index (χ0n) is 22.0. The predicted molar refractivity (Wildman–Crippen MR) is 139 cm³/mol. The molecule has 2 aromatic rings. The molecule has 38 heavy (non-hydrogen) atoms. The van der Waals surface area contributed by atoms with Crippen LogP contribution in [0.1, 0.15) is 60.5 Å². The number of halogens is 2. The highest BCUT2D eigenvalue weighted by atomic mass is 31.2. The summed E-state index contributed by atoms with van der Waals surface area (Å²) >= 11 is 0. The topological polar surface area (TPSA) is 119 Å². The number of hydrogen-bond acceptors (Lipinski definition) is 7. The lowest BCUT2D eigenvalue weighted by Crippen LogP contribution is -2.54. The molecule has 1 aromatic heterocycles. The van der Waals surface area contributed by atoms with Crippen LogP contribution in [-0.2, 0) is 22.1 Å². The van der Waals surface area contributed by atoms with Crippen molar-refractivity contribution >= 4 is 20.1 Å². The molecule has 1 atom stereocenters. The van der Waals surface area contributed by atoms with Gasteiger partial charge in [0.25, 0.3) is 5.91 Å². The number of carbonyl (C=O) groups excluding carboxylic acids is 2. The van der Waals surface area contributed by atoms with Crippen molar-refractivity contribution in [1.82, 2.24) is 15.2 Å². The molecular weight excluding hydrogens is 519 g/mol. The number of pyridine rings is 1. The number of fused-ring (bicyclic) bond motifs is 1. The maximum Gasteiger partial charge on any atom is 0.257 e. The molecule has 9 nitrogen and oxygen atoms in total. The van der Waals surface area contributed by atoms with Crippen LogP contribution in [0, 0.1) is 17.0 Å². The number of rotatable bonds is 12. The van der Waals surface area contributed by atoms with Crippen molar-refractivity contribution in [1.29, 1.82) is 0 Å². The fraction of sp³-hybridized carbons (Fsp3) is 0.500. The van der Waals surface area contributed by atoms with Gasteiger partial charge in [0, 0.05) is 48.5 Å². The van der Waals surface area contributed by atoms with Gasteiger partial charge < -0.3 is 29.4 Å². The van der Waals surface area contributed by atoms with Gasteiger partial charge in [-0.3, -0.25) is 14.4 Å². The number of amides is 1. The summed E-state index contributed by atoms with van der Waals surface area (Å²) < 4.78 is 39.7. The lowest BCUT2D eigenvalue weighted by atomic mass is 9.75. The Morgan fingerprint density at radius 2 is 1.89 bits per heavy atom. The van der Waals surface area contributed by atoms with E-state index in [9.17, 15) is 28.3 Å². The first kappa shape index (κ1) is 29.8. The van der Waals surface area contributed by atoms with E-state index in [1.807, 2.05) is 13.8 Å². The maximum absolute atomic E-state index is 13.9. The highest BCUT2D eigenvalue weighted by Crippen LogP contribution is 2.39. The van der Waals surface area contributed by atoms with Crippen LogP contribution in [0.15, 0.2) is 29.2 Å². The average molecular weight is 554 g/mol. The SMILES string of the molecule is CCOP(CCCNC1Cn2cc(C(=O)NCc3ccc(F)cc3F)c(=O)c(O)c2C(=O)C1(C)C)OCC. The summed E-state index contributed by atoms with van der Waals surface area (Å²) in [6.45, 7) is 8.95. The molecule has 3 N–H and O–H groups in total. The van der Waals surface area contributed by atoms with Gasteiger partial charge in [0.15, 0.2) is 19.9 Å². The van der Waals surface area contributed by atoms with Gasteiger partial charge in [-0.1, -0.05) is 19.9 Å². The molecule has 1 aliphatic rings. The van der Waals surface area contributed by atoms with E-state index in [-0.39, 0.29) is 36.0 Å². The summed E-state index contributed by atoms with van der Waals surface area (Å²) in [5, 5.41) is 16.4. The van der Waals surface area contributed by atoms with Crippen molar-refractivity contribution in [2.75, 3.05) is 25.9 Å². The minimum atomic E-state index is -0.996. The van der Waals surface area contributed by atoms with E-state index in [0.717, 1.165) is 18.6 Å². The number of aromatic nitrogens is 1. The van der Waals surface area contributed by atoms with E-state index in [4.69, 9.17) is 9.05 Å². The van der Waals surface area contributed by atoms with Crippen LogP contribution >= 0.6 is 8.38 Å². The third kappa shape index (κ3) is 6.64. The first-order valence-electron chi connectivity index (χ1n) is 12.5. The van der Waals surface area contributed by atoms with Crippen LogP contribution in [-0.4, -0.2) is 53.3 Å². The van der Waals surface area contributed by atoms with E-state index in [1.165, 1.54) is 16.8 Å². The highest BCUT2D eigenvalue weighted by molar-refractivity contribution is 7.47. The molecule has 1 aliphatic heterocycles. The van der Waals surface area contributed by atoms with Gasteiger partial charge in [0.1, 0.15) is 22.9 Å². The second-order valence-corrected chi connectivity index (χ2v) is 11.1. The van der Waals surface area contributed by atoms with E-state index in [2.05, 4.69) is 10.6 Å². The van der Waals surface area contributed by atoms with Crippen molar-refractivity contribution in [3.8, 4) is 5.75 Å². The predicted octanol–water partition coefficient (Wildman–Crippen LogP) is 3.72. The molecule has 1 unspecified atom stereocenters. The Kier molecular flexibility index (Phi) is 10.1. The van der Waals surface area contributed by atoms with Crippen molar-refractivity contribution in [2.45, 2.75) is 53.2 Å². The lowest BCUT2D eigenvalue weighted by molar-refractivity contribution is 0.0697. The van der Waals surface area contributed by atoms with Crippen LogP contribution < -0.4 is 16.1 Å². The number of aromatic hydroxyl groups is 1. The average Bonchev–Trinajstić information content (AvgIpc) is 2.86. The molecule has 0 saturated heterocycles. The van der Waals surface area contributed by atoms with Crippen LogP contribution in [0.4, 0.5) is 8.78 Å².